The van der Waals surface area contributed by atoms with Gasteiger partial charge in [-0.05, 0) is 19.8 Å². The number of rotatable bonds is 5. The third kappa shape index (κ3) is 3.71. The number of nitrogens with zero attached hydrogens (tertiary/aromatic N) is 2. The maximum atomic E-state index is 11.3. The van der Waals surface area contributed by atoms with E-state index in [9.17, 15) is 4.79 Å². The Morgan fingerprint density at radius 1 is 1.23 bits per heavy atom. The Morgan fingerprint density at radius 3 is 1.85 bits per heavy atom. The average Bonchev–Trinajstić information content (AvgIpc) is 2.11. The van der Waals surface area contributed by atoms with E-state index in [0.29, 0.717) is 25.7 Å². The molecule has 0 bridgehead atoms. The van der Waals surface area contributed by atoms with Crippen LogP contribution in [0.2, 0.25) is 0 Å². The Balaban J connectivity index is 4.28. The van der Waals surface area contributed by atoms with Gasteiger partial charge in [0.25, 0.3) is 0 Å². The van der Waals surface area contributed by atoms with Crippen molar-refractivity contribution in [1.29, 1.82) is 10.5 Å². The molecule has 0 N–H and O–H groups in total. The van der Waals surface area contributed by atoms with E-state index in [0.717, 1.165) is 0 Å². The van der Waals surface area contributed by atoms with Gasteiger partial charge in [-0.3, -0.25) is 4.79 Å². The highest BCUT2D eigenvalue weighted by molar-refractivity contribution is 5.81. The van der Waals surface area contributed by atoms with E-state index in [4.69, 9.17) is 10.5 Å². The Labute approximate surface area is 79.0 Å². The molecule has 0 aromatic rings. The molecule has 0 amide bonds. The molecule has 0 rings (SSSR count). The molecule has 0 aliphatic heterocycles. The van der Waals surface area contributed by atoms with Crippen molar-refractivity contribution in [2.24, 2.45) is 5.41 Å². The van der Waals surface area contributed by atoms with Crippen molar-refractivity contribution in [2.45, 2.75) is 39.5 Å². The molecule has 3 nitrogen and oxygen atoms in total. The van der Waals surface area contributed by atoms with Gasteiger partial charge in [-0.15, -0.1) is 0 Å². The molecule has 0 aromatic heterocycles. The van der Waals surface area contributed by atoms with Crippen molar-refractivity contribution >= 4 is 5.78 Å². The summed E-state index contributed by atoms with van der Waals surface area (Å²) >= 11 is 0. The molecule has 0 aliphatic carbocycles. The number of nitriles is 2. The van der Waals surface area contributed by atoms with Gasteiger partial charge in [-0.25, -0.2) is 0 Å². The molecule has 0 saturated carbocycles. The quantitative estimate of drug-likeness (QED) is 0.648. The molecule has 0 heterocycles. The van der Waals surface area contributed by atoms with Gasteiger partial charge in [0.2, 0.25) is 0 Å². The van der Waals surface area contributed by atoms with Crippen molar-refractivity contribution in [3.05, 3.63) is 0 Å². The largest absolute Gasteiger partial charge is 0.299 e. The van der Waals surface area contributed by atoms with E-state index < -0.39 is 5.41 Å². The van der Waals surface area contributed by atoms with Crippen LogP contribution in [0.4, 0.5) is 0 Å². The van der Waals surface area contributed by atoms with E-state index in [-0.39, 0.29) is 5.78 Å². The summed E-state index contributed by atoms with van der Waals surface area (Å²) in [6, 6.07) is 4.04. The molecule has 0 atom stereocenters. The van der Waals surface area contributed by atoms with Crippen LogP contribution in [0.1, 0.15) is 39.5 Å². The van der Waals surface area contributed by atoms with Crippen LogP contribution < -0.4 is 0 Å². The first-order chi connectivity index (χ1) is 6.06. The van der Waals surface area contributed by atoms with E-state index in [1.165, 1.54) is 6.92 Å². The molecule has 13 heavy (non-hydrogen) atoms. The van der Waals surface area contributed by atoms with Crippen molar-refractivity contribution < 1.29 is 4.79 Å². The average molecular weight is 178 g/mol. The van der Waals surface area contributed by atoms with E-state index in [1.54, 1.807) is 0 Å². The Kier molecular flexibility index (Phi) is 4.77. The number of Topliss-reactive ketones (excluding diaryl/α,β-unsaturated/α-hetero) is 1. The van der Waals surface area contributed by atoms with Gasteiger partial charge in [0.1, 0.15) is 5.78 Å². The standard InChI is InChI=1S/C10H14N2O/c1-9(13)10(2,5-3-7-11)6-4-8-12/h3-6H2,1-2H3. The first kappa shape index (κ1) is 11.6. The fourth-order valence-corrected chi connectivity index (χ4v) is 1.14. The molecule has 70 valence electrons. The lowest BCUT2D eigenvalue weighted by atomic mass is 9.78. The van der Waals surface area contributed by atoms with Crippen molar-refractivity contribution in [3.8, 4) is 12.1 Å². The van der Waals surface area contributed by atoms with E-state index in [1.807, 2.05) is 19.1 Å². The van der Waals surface area contributed by atoms with Crippen LogP contribution in [0.25, 0.3) is 0 Å². The number of hydrogen-bond donors (Lipinski definition) is 0. The molecule has 0 radical (unpaired) electrons. The third-order valence-electron chi connectivity index (χ3n) is 2.43. The van der Waals surface area contributed by atoms with Gasteiger partial charge >= 0.3 is 0 Å². The predicted octanol–water partition coefficient (Wildman–Crippen LogP) is 2.19. The lowest BCUT2D eigenvalue weighted by Crippen LogP contribution is -2.25. The van der Waals surface area contributed by atoms with Gasteiger partial charge in [0.15, 0.2) is 0 Å². The van der Waals surface area contributed by atoms with Crippen LogP contribution in [0, 0.1) is 28.1 Å². The van der Waals surface area contributed by atoms with E-state index >= 15 is 0 Å². The minimum absolute atomic E-state index is 0.0676. The fourth-order valence-electron chi connectivity index (χ4n) is 1.14. The highest BCUT2D eigenvalue weighted by Crippen LogP contribution is 2.29. The highest BCUT2D eigenvalue weighted by Gasteiger charge is 2.28. The normalized spacial score (nSPS) is 10.2. The van der Waals surface area contributed by atoms with E-state index in [2.05, 4.69) is 0 Å². The Bertz CT molecular complexity index is 239. The predicted molar refractivity (Wildman–Crippen MR) is 48.5 cm³/mol. The molecular formula is C10H14N2O. The molecular weight excluding hydrogens is 164 g/mol. The Hall–Kier alpha value is -1.35. The van der Waals surface area contributed by atoms with Crippen LogP contribution >= 0.6 is 0 Å². The van der Waals surface area contributed by atoms with Crippen molar-refractivity contribution in [3.63, 3.8) is 0 Å². The Morgan fingerprint density at radius 2 is 1.62 bits per heavy atom. The summed E-state index contributed by atoms with van der Waals surface area (Å²) in [6.07, 6.45) is 1.87. The van der Waals surface area contributed by atoms with Crippen LogP contribution in [-0.4, -0.2) is 5.78 Å². The number of carbonyl (C=O) groups is 1. The smallest absolute Gasteiger partial charge is 0.135 e. The second kappa shape index (κ2) is 5.32. The highest BCUT2D eigenvalue weighted by atomic mass is 16.1. The van der Waals surface area contributed by atoms with Crippen molar-refractivity contribution in [1.82, 2.24) is 0 Å². The summed E-state index contributed by atoms with van der Waals surface area (Å²) in [5.74, 6) is 0.0676. The van der Waals surface area contributed by atoms with Crippen LogP contribution in [0.5, 0.6) is 0 Å². The second-order valence-corrected chi connectivity index (χ2v) is 3.43. The zero-order chi connectivity index (χ0) is 10.3. The number of ketones is 1. The summed E-state index contributed by atoms with van der Waals surface area (Å²) in [7, 11) is 0. The molecule has 0 fully saturated rings. The zero-order valence-electron chi connectivity index (χ0n) is 8.13. The summed E-state index contributed by atoms with van der Waals surface area (Å²) in [4.78, 5) is 11.3. The van der Waals surface area contributed by atoms with Gasteiger partial charge in [-0.1, -0.05) is 6.92 Å². The van der Waals surface area contributed by atoms with Gasteiger partial charge in [-0.2, -0.15) is 10.5 Å². The number of carbonyl (C=O) groups excluding carboxylic acids is 1. The maximum Gasteiger partial charge on any atom is 0.135 e. The lowest BCUT2D eigenvalue weighted by molar-refractivity contribution is -0.126. The zero-order valence-corrected chi connectivity index (χ0v) is 8.13. The molecule has 3 heteroatoms. The van der Waals surface area contributed by atoms with Crippen LogP contribution in [0.3, 0.4) is 0 Å². The second-order valence-electron chi connectivity index (χ2n) is 3.43. The minimum atomic E-state index is -0.481. The monoisotopic (exact) mass is 178 g/mol. The summed E-state index contributed by atoms with van der Waals surface area (Å²) < 4.78 is 0. The lowest BCUT2D eigenvalue weighted by Gasteiger charge is -2.24. The fraction of sp³-hybridized carbons (Fsp3) is 0.700. The molecule has 0 spiro atoms. The van der Waals surface area contributed by atoms with Crippen molar-refractivity contribution in [2.75, 3.05) is 0 Å². The minimum Gasteiger partial charge on any atom is -0.299 e. The molecule has 0 aromatic carbocycles. The molecule has 0 unspecified atom stereocenters. The third-order valence-corrected chi connectivity index (χ3v) is 2.43. The first-order valence-corrected chi connectivity index (χ1v) is 4.32. The maximum absolute atomic E-state index is 11.3. The summed E-state index contributed by atoms with van der Waals surface area (Å²) in [6.45, 7) is 3.35. The summed E-state index contributed by atoms with van der Waals surface area (Å²) in [5.41, 5.74) is -0.481. The van der Waals surface area contributed by atoms with Crippen LogP contribution in [0.15, 0.2) is 0 Å². The van der Waals surface area contributed by atoms with Crippen LogP contribution in [-0.2, 0) is 4.79 Å². The van der Waals surface area contributed by atoms with Gasteiger partial charge in [0.05, 0.1) is 12.1 Å². The van der Waals surface area contributed by atoms with Gasteiger partial charge in [0, 0.05) is 18.3 Å². The van der Waals surface area contributed by atoms with Gasteiger partial charge < -0.3 is 0 Å². The molecule has 0 aliphatic rings. The molecule has 0 saturated heterocycles. The number of hydrogen-bond acceptors (Lipinski definition) is 3. The first-order valence-electron chi connectivity index (χ1n) is 4.32. The SMILES string of the molecule is CC(=O)C(C)(CCC#N)CCC#N. The summed E-state index contributed by atoms with van der Waals surface area (Å²) in [5, 5.41) is 16.8. The topological polar surface area (TPSA) is 64.7 Å².